The van der Waals surface area contributed by atoms with E-state index in [9.17, 15) is 4.79 Å². The van der Waals surface area contributed by atoms with Gasteiger partial charge in [0.1, 0.15) is 0 Å². The molecule has 0 aromatic heterocycles. The van der Waals surface area contributed by atoms with E-state index in [0.717, 1.165) is 18.7 Å². The van der Waals surface area contributed by atoms with Crippen LogP contribution in [0.2, 0.25) is 0 Å². The summed E-state index contributed by atoms with van der Waals surface area (Å²) >= 11 is 0. The monoisotopic (exact) mass is 297 g/mol. The predicted octanol–water partition coefficient (Wildman–Crippen LogP) is 2.95. The molecule has 2 rings (SSSR count). The highest BCUT2D eigenvalue weighted by atomic mass is 16.2. The van der Waals surface area contributed by atoms with Crippen LogP contribution >= 0.6 is 0 Å². The van der Waals surface area contributed by atoms with E-state index in [0.29, 0.717) is 11.5 Å². The molecular weight excluding hydrogens is 274 g/mol. The molecule has 0 heterocycles. The Labute approximate surface area is 131 Å². The third kappa shape index (κ3) is 4.33. The number of hydrogen-bond acceptors (Lipinski definition) is 3. The van der Waals surface area contributed by atoms with Crippen LogP contribution in [0.5, 0.6) is 0 Å². The minimum Gasteiger partial charge on any atom is -0.367 e. The second-order valence-corrected chi connectivity index (χ2v) is 5.78. The molecule has 1 amide bonds. The van der Waals surface area contributed by atoms with Crippen LogP contribution in [0, 0.1) is 5.92 Å². The number of benzene rings is 2. The fourth-order valence-corrected chi connectivity index (χ4v) is 2.41. The second kappa shape index (κ2) is 7.61. The molecule has 0 unspecified atom stereocenters. The molecule has 2 aromatic carbocycles. The number of hydrazine groups is 1. The SMILES string of the molecule is CC(C)CN(Cc1ccc(C(=O)NN)cc1)c1ccccc1. The lowest BCUT2D eigenvalue weighted by molar-refractivity contribution is 0.0953. The molecular formula is C18H23N3O. The summed E-state index contributed by atoms with van der Waals surface area (Å²) in [6.07, 6.45) is 0. The number of amides is 1. The quantitative estimate of drug-likeness (QED) is 0.489. The van der Waals surface area contributed by atoms with Crippen molar-refractivity contribution >= 4 is 11.6 Å². The molecule has 0 saturated heterocycles. The maximum atomic E-state index is 11.5. The van der Waals surface area contributed by atoms with Crippen LogP contribution in [0.15, 0.2) is 54.6 Å². The first-order valence-electron chi connectivity index (χ1n) is 7.50. The van der Waals surface area contributed by atoms with Gasteiger partial charge in [-0.15, -0.1) is 0 Å². The molecule has 0 fully saturated rings. The summed E-state index contributed by atoms with van der Waals surface area (Å²) in [4.78, 5) is 13.8. The Morgan fingerprint density at radius 3 is 2.27 bits per heavy atom. The van der Waals surface area contributed by atoms with E-state index in [1.165, 1.54) is 5.69 Å². The topological polar surface area (TPSA) is 58.4 Å². The Morgan fingerprint density at radius 1 is 1.09 bits per heavy atom. The number of nitrogen functional groups attached to an aromatic ring is 1. The number of hydrogen-bond donors (Lipinski definition) is 2. The number of nitrogens with one attached hydrogen (secondary N) is 1. The first kappa shape index (κ1) is 16.0. The lowest BCUT2D eigenvalue weighted by Crippen LogP contribution is -2.30. The van der Waals surface area contributed by atoms with Gasteiger partial charge in [0.25, 0.3) is 5.91 Å². The summed E-state index contributed by atoms with van der Waals surface area (Å²) in [6, 6.07) is 17.9. The lowest BCUT2D eigenvalue weighted by atomic mass is 10.1. The van der Waals surface area contributed by atoms with E-state index in [2.05, 4.69) is 48.4 Å². The number of para-hydroxylation sites is 1. The standard InChI is InChI=1S/C18H23N3O/c1-14(2)12-21(17-6-4-3-5-7-17)13-15-8-10-16(11-9-15)18(22)20-19/h3-11,14H,12-13,19H2,1-2H3,(H,20,22). The van der Waals surface area contributed by atoms with Crippen molar-refractivity contribution in [3.8, 4) is 0 Å². The van der Waals surface area contributed by atoms with Gasteiger partial charge in [-0.25, -0.2) is 5.84 Å². The van der Waals surface area contributed by atoms with Gasteiger partial charge in [-0.3, -0.25) is 10.2 Å². The van der Waals surface area contributed by atoms with Crippen LogP contribution < -0.4 is 16.2 Å². The smallest absolute Gasteiger partial charge is 0.265 e. The van der Waals surface area contributed by atoms with Gasteiger partial charge in [-0.1, -0.05) is 44.2 Å². The number of anilines is 1. The highest BCUT2D eigenvalue weighted by Crippen LogP contribution is 2.18. The second-order valence-electron chi connectivity index (χ2n) is 5.78. The molecule has 116 valence electrons. The average molecular weight is 297 g/mol. The van der Waals surface area contributed by atoms with E-state index in [4.69, 9.17) is 5.84 Å². The van der Waals surface area contributed by atoms with Crippen molar-refractivity contribution < 1.29 is 4.79 Å². The van der Waals surface area contributed by atoms with Crippen LogP contribution in [0.3, 0.4) is 0 Å². The molecule has 2 aromatic rings. The zero-order valence-electron chi connectivity index (χ0n) is 13.1. The Bertz CT molecular complexity index is 593. The molecule has 22 heavy (non-hydrogen) atoms. The van der Waals surface area contributed by atoms with Crippen molar-refractivity contribution in [2.45, 2.75) is 20.4 Å². The van der Waals surface area contributed by atoms with Gasteiger partial charge in [0.05, 0.1) is 0 Å². The summed E-state index contributed by atoms with van der Waals surface area (Å²) in [7, 11) is 0. The Kier molecular flexibility index (Phi) is 5.55. The fourth-order valence-electron chi connectivity index (χ4n) is 2.41. The molecule has 0 atom stereocenters. The molecule has 0 bridgehead atoms. The number of carbonyl (C=O) groups is 1. The maximum Gasteiger partial charge on any atom is 0.265 e. The number of nitrogens with two attached hydrogens (primary N) is 1. The highest BCUT2D eigenvalue weighted by molar-refractivity contribution is 5.93. The molecule has 0 saturated carbocycles. The van der Waals surface area contributed by atoms with Gasteiger partial charge in [0.15, 0.2) is 0 Å². The molecule has 0 spiro atoms. The van der Waals surface area contributed by atoms with Crippen molar-refractivity contribution in [3.05, 3.63) is 65.7 Å². The van der Waals surface area contributed by atoms with Gasteiger partial charge in [-0.05, 0) is 35.7 Å². The third-order valence-corrected chi connectivity index (χ3v) is 3.43. The fraction of sp³-hybridized carbons (Fsp3) is 0.278. The predicted molar refractivity (Wildman–Crippen MR) is 90.4 cm³/mol. The average Bonchev–Trinajstić information content (AvgIpc) is 2.54. The largest absolute Gasteiger partial charge is 0.367 e. The van der Waals surface area contributed by atoms with Crippen molar-refractivity contribution in [2.75, 3.05) is 11.4 Å². The summed E-state index contributed by atoms with van der Waals surface area (Å²) in [5.74, 6) is 5.45. The Morgan fingerprint density at radius 2 is 1.73 bits per heavy atom. The van der Waals surface area contributed by atoms with Gasteiger partial charge < -0.3 is 4.90 Å². The van der Waals surface area contributed by atoms with Crippen molar-refractivity contribution in [2.24, 2.45) is 11.8 Å². The summed E-state index contributed by atoms with van der Waals surface area (Å²) < 4.78 is 0. The van der Waals surface area contributed by atoms with E-state index >= 15 is 0 Å². The van der Waals surface area contributed by atoms with Crippen LogP contribution in [0.4, 0.5) is 5.69 Å². The maximum absolute atomic E-state index is 11.5. The summed E-state index contributed by atoms with van der Waals surface area (Å²) in [5.41, 5.74) is 5.09. The molecule has 0 aliphatic rings. The van der Waals surface area contributed by atoms with Gasteiger partial charge in [-0.2, -0.15) is 0 Å². The third-order valence-electron chi connectivity index (χ3n) is 3.43. The van der Waals surface area contributed by atoms with Crippen molar-refractivity contribution in [1.29, 1.82) is 0 Å². The minimum absolute atomic E-state index is 0.270. The first-order valence-corrected chi connectivity index (χ1v) is 7.50. The molecule has 0 aliphatic heterocycles. The van der Waals surface area contributed by atoms with Crippen LogP contribution in [0.1, 0.15) is 29.8 Å². The number of nitrogens with zero attached hydrogens (tertiary/aromatic N) is 1. The summed E-state index contributed by atoms with van der Waals surface area (Å²) in [6.45, 7) is 6.22. The highest BCUT2D eigenvalue weighted by Gasteiger charge is 2.10. The van der Waals surface area contributed by atoms with E-state index < -0.39 is 0 Å². The lowest BCUT2D eigenvalue weighted by Gasteiger charge is -2.27. The van der Waals surface area contributed by atoms with E-state index in [1.807, 2.05) is 18.2 Å². The van der Waals surface area contributed by atoms with E-state index in [-0.39, 0.29) is 5.91 Å². The Balaban J connectivity index is 2.15. The molecule has 4 heteroatoms. The normalized spacial score (nSPS) is 10.5. The molecule has 0 aliphatic carbocycles. The zero-order valence-corrected chi connectivity index (χ0v) is 13.1. The molecule has 3 N–H and O–H groups in total. The van der Waals surface area contributed by atoms with Gasteiger partial charge >= 0.3 is 0 Å². The zero-order chi connectivity index (χ0) is 15.9. The number of rotatable bonds is 6. The van der Waals surface area contributed by atoms with Crippen LogP contribution in [-0.4, -0.2) is 12.5 Å². The van der Waals surface area contributed by atoms with Crippen LogP contribution in [-0.2, 0) is 6.54 Å². The first-order chi connectivity index (χ1) is 10.6. The van der Waals surface area contributed by atoms with Crippen molar-refractivity contribution in [3.63, 3.8) is 0 Å². The van der Waals surface area contributed by atoms with Gasteiger partial charge in [0, 0.05) is 24.3 Å². The minimum atomic E-state index is -0.270. The summed E-state index contributed by atoms with van der Waals surface area (Å²) in [5, 5.41) is 0. The van der Waals surface area contributed by atoms with Gasteiger partial charge in [0.2, 0.25) is 0 Å². The van der Waals surface area contributed by atoms with Crippen molar-refractivity contribution in [1.82, 2.24) is 5.43 Å². The molecule has 4 nitrogen and oxygen atoms in total. The Hall–Kier alpha value is -2.33. The van der Waals surface area contributed by atoms with E-state index in [1.54, 1.807) is 12.1 Å². The molecule has 0 radical (unpaired) electrons. The number of carbonyl (C=O) groups excluding carboxylic acids is 1. The van der Waals surface area contributed by atoms with Crippen LogP contribution in [0.25, 0.3) is 0 Å².